The van der Waals surface area contributed by atoms with Gasteiger partial charge in [0.2, 0.25) is 0 Å². The first-order chi connectivity index (χ1) is 9.15. The van der Waals surface area contributed by atoms with Gasteiger partial charge in [-0.05, 0) is 50.5 Å². The third-order valence-electron chi connectivity index (χ3n) is 3.55. The maximum absolute atomic E-state index is 12.5. The lowest BCUT2D eigenvalue weighted by atomic mass is 9.99. The summed E-state index contributed by atoms with van der Waals surface area (Å²) in [7, 11) is 0. The standard InChI is InChI=1S/C16H17NO2/c1-11-5-7-14-13(10-11)4-3-9-17(14)16(18)15-8-6-12(2)19-15/h5-8,10H,3-4,9H2,1-2H3. The van der Waals surface area contributed by atoms with Crippen molar-refractivity contribution >= 4 is 11.6 Å². The third-order valence-corrected chi connectivity index (χ3v) is 3.55. The molecule has 19 heavy (non-hydrogen) atoms. The number of hydrogen-bond donors (Lipinski definition) is 0. The quantitative estimate of drug-likeness (QED) is 0.781. The normalized spacial score (nSPS) is 14.3. The maximum atomic E-state index is 12.5. The molecule has 0 unspecified atom stereocenters. The number of nitrogens with zero attached hydrogens (tertiary/aromatic N) is 1. The smallest absolute Gasteiger partial charge is 0.293 e. The Kier molecular flexibility index (Phi) is 2.90. The van der Waals surface area contributed by atoms with Crippen molar-refractivity contribution in [1.29, 1.82) is 0 Å². The van der Waals surface area contributed by atoms with Gasteiger partial charge in [0.1, 0.15) is 5.76 Å². The number of aryl methyl sites for hydroxylation is 3. The van der Waals surface area contributed by atoms with Crippen molar-refractivity contribution in [3.8, 4) is 0 Å². The number of benzene rings is 1. The number of carbonyl (C=O) groups is 1. The third kappa shape index (κ3) is 2.16. The Hall–Kier alpha value is -2.03. The van der Waals surface area contributed by atoms with Crippen LogP contribution >= 0.6 is 0 Å². The fraction of sp³-hybridized carbons (Fsp3) is 0.312. The van der Waals surface area contributed by atoms with E-state index in [0.717, 1.165) is 30.8 Å². The summed E-state index contributed by atoms with van der Waals surface area (Å²) in [5.41, 5.74) is 3.51. The molecule has 0 radical (unpaired) electrons. The first-order valence-corrected chi connectivity index (χ1v) is 6.63. The summed E-state index contributed by atoms with van der Waals surface area (Å²) in [6.45, 7) is 4.69. The van der Waals surface area contributed by atoms with E-state index in [4.69, 9.17) is 4.42 Å². The summed E-state index contributed by atoms with van der Waals surface area (Å²) in [5, 5.41) is 0. The minimum absolute atomic E-state index is 0.0436. The lowest BCUT2D eigenvalue weighted by Crippen LogP contribution is -2.35. The van der Waals surface area contributed by atoms with Crippen LogP contribution < -0.4 is 4.90 Å². The second kappa shape index (κ2) is 4.57. The molecular weight excluding hydrogens is 238 g/mol. The zero-order chi connectivity index (χ0) is 13.4. The number of amides is 1. The number of rotatable bonds is 1. The van der Waals surface area contributed by atoms with Crippen LogP contribution in [0.2, 0.25) is 0 Å². The van der Waals surface area contributed by atoms with Crippen molar-refractivity contribution in [3.63, 3.8) is 0 Å². The minimum Gasteiger partial charge on any atom is -0.456 e. The molecule has 0 atom stereocenters. The number of hydrogen-bond acceptors (Lipinski definition) is 2. The van der Waals surface area contributed by atoms with E-state index in [-0.39, 0.29) is 5.91 Å². The fourth-order valence-electron chi connectivity index (χ4n) is 2.62. The Morgan fingerprint density at radius 3 is 2.79 bits per heavy atom. The molecule has 0 saturated heterocycles. The van der Waals surface area contributed by atoms with Crippen LogP contribution in [0.5, 0.6) is 0 Å². The van der Waals surface area contributed by atoms with E-state index < -0.39 is 0 Å². The number of anilines is 1. The van der Waals surface area contributed by atoms with Gasteiger partial charge in [-0.25, -0.2) is 0 Å². The van der Waals surface area contributed by atoms with Crippen molar-refractivity contribution < 1.29 is 9.21 Å². The van der Waals surface area contributed by atoms with Gasteiger partial charge in [0.15, 0.2) is 5.76 Å². The molecule has 0 aliphatic carbocycles. The van der Waals surface area contributed by atoms with Gasteiger partial charge in [0.05, 0.1) is 0 Å². The van der Waals surface area contributed by atoms with Crippen molar-refractivity contribution in [2.24, 2.45) is 0 Å². The molecule has 2 aromatic rings. The predicted octanol–water partition coefficient (Wildman–Crippen LogP) is 3.49. The minimum atomic E-state index is -0.0436. The summed E-state index contributed by atoms with van der Waals surface area (Å²) in [4.78, 5) is 14.3. The van der Waals surface area contributed by atoms with Crippen LogP contribution in [0, 0.1) is 13.8 Å². The highest BCUT2D eigenvalue weighted by Gasteiger charge is 2.25. The van der Waals surface area contributed by atoms with Gasteiger partial charge in [0.25, 0.3) is 5.91 Å². The first kappa shape index (κ1) is 12.0. The first-order valence-electron chi connectivity index (χ1n) is 6.63. The van der Waals surface area contributed by atoms with Gasteiger partial charge < -0.3 is 9.32 Å². The molecule has 3 nitrogen and oxygen atoms in total. The molecule has 1 aromatic heterocycles. The average Bonchev–Trinajstić information content (AvgIpc) is 2.83. The molecule has 2 heterocycles. The van der Waals surface area contributed by atoms with Crippen molar-refractivity contribution in [1.82, 2.24) is 0 Å². The monoisotopic (exact) mass is 255 g/mol. The molecule has 1 amide bonds. The topological polar surface area (TPSA) is 33.5 Å². The number of fused-ring (bicyclic) bond motifs is 1. The maximum Gasteiger partial charge on any atom is 0.293 e. The van der Waals surface area contributed by atoms with Crippen molar-refractivity contribution in [2.75, 3.05) is 11.4 Å². The largest absolute Gasteiger partial charge is 0.456 e. The summed E-state index contributed by atoms with van der Waals surface area (Å²) in [6.07, 6.45) is 2.04. The molecule has 3 heteroatoms. The lowest BCUT2D eigenvalue weighted by Gasteiger charge is -2.29. The van der Waals surface area contributed by atoms with Gasteiger partial charge in [0, 0.05) is 12.2 Å². The molecule has 1 aliphatic rings. The number of carbonyl (C=O) groups excluding carboxylic acids is 1. The highest BCUT2D eigenvalue weighted by Crippen LogP contribution is 2.29. The highest BCUT2D eigenvalue weighted by atomic mass is 16.3. The van der Waals surface area contributed by atoms with Gasteiger partial charge in [-0.15, -0.1) is 0 Å². The van der Waals surface area contributed by atoms with Gasteiger partial charge in [-0.3, -0.25) is 4.79 Å². The molecule has 0 saturated carbocycles. The molecule has 0 bridgehead atoms. The Morgan fingerprint density at radius 2 is 2.05 bits per heavy atom. The van der Waals surface area contributed by atoms with Crippen LogP contribution in [0.15, 0.2) is 34.7 Å². The zero-order valence-electron chi connectivity index (χ0n) is 11.3. The molecule has 0 spiro atoms. The van der Waals surface area contributed by atoms with E-state index in [1.807, 2.05) is 24.0 Å². The SMILES string of the molecule is Cc1ccc2c(c1)CCCN2C(=O)c1ccc(C)o1. The number of furan rings is 1. The summed E-state index contributed by atoms with van der Waals surface area (Å²) in [6, 6.07) is 9.84. The lowest BCUT2D eigenvalue weighted by molar-refractivity contribution is 0.0957. The van der Waals surface area contributed by atoms with E-state index in [1.165, 1.54) is 11.1 Å². The van der Waals surface area contributed by atoms with Crippen LogP contribution in [0.4, 0.5) is 5.69 Å². The van der Waals surface area contributed by atoms with Crippen molar-refractivity contribution in [3.05, 3.63) is 53.0 Å². The summed E-state index contributed by atoms with van der Waals surface area (Å²) in [5.74, 6) is 1.15. The molecular formula is C16H17NO2. The average molecular weight is 255 g/mol. The zero-order valence-corrected chi connectivity index (χ0v) is 11.3. The van der Waals surface area contributed by atoms with E-state index >= 15 is 0 Å². The van der Waals surface area contributed by atoms with E-state index in [0.29, 0.717) is 5.76 Å². The molecule has 98 valence electrons. The second-order valence-corrected chi connectivity index (χ2v) is 5.10. The van der Waals surface area contributed by atoms with Gasteiger partial charge >= 0.3 is 0 Å². The summed E-state index contributed by atoms with van der Waals surface area (Å²) < 4.78 is 5.45. The summed E-state index contributed by atoms with van der Waals surface area (Å²) >= 11 is 0. The van der Waals surface area contributed by atoms with Crippen molar-refractivity contribution in [2.45, 2.75) is 26.7 Å². The van der Waals surface area contributed by atoms with Crippen LogP contribution in [-0.4, -0.2) is 12.5 Å². The second-order valence-electron chi connectivity index (χ2n) is 5.10. The van der Waals surface area contributed by atoms with E-state index in [1.54, 1.807) is 6.07 Å². The molecule has 0 fully saturated rings. The Balaban J connectivity index is 1.97. The van der Waals surface area contributed by atoms with E-state index in [9.17, 15) is 4.79 Å². The van der Waals surface area contributed by atoms with Crippen LogP contribution in [0.1, 0.15) is 33.9 Å². The van der Waals surface area contributed by atoms with Crippen LogP contribution in [-0.2, 0) is 6.42 Å². The molecule has 1 aromatic carbocycles. The van der Waals surface area contributed by atoms with Gasteiger partial charge in [-0.1, -0.05) is 17.7 Å². The highest BCUT2D eigenvalue weighted by molar-refractivity contribution is 6.05. The predicted molar refractivity (Wildman–Crippen MR) is 74.6 cm³/mol. The van der Waals surface area contributed by atoms with Gasteiger partial charge in [-0.2, -0.15) is 0 Å². The van der Waals surface area contributed by atoms with Crippen LogP contribution in [0.3, 0.4) is 0 Å². The molecule has 3 rings (SSSR count). The Bertz CT molecular complexity index is 627. The Labute approximate surface area is 112 Å². The molecule has 1 aliphatic heterocycles. The fourth-order valence-corrected chi connectivity index (χ4v) is 2.62. The Morgan fingerprint density at radius 1 is 1.21 bits per heavy atom. The van der Waals surface area contributed by atoms with E-state index in [2.05, 4.69) is 19.1 Å². The van der Waals surface area contributed by atoms with Crippen LogP contribution in [0.25, 0.3) is 0 Å². The molecule has 0 N–H and O–H groups in total.